The van der Waals surface area contributed by atoms with Crippen molar-refractivity contribution in [1.82, 2.24) is 5.32 Å². The molecular formula is C16H16N2O4. The molecule has 0 aromatic heterocycles. The number of carbonyl (C=O) groups is 1. The predicted molar refractivity (Wildman–Crippen MR) is 81.6 cm³/mol. The minimum Gasteiger partial charge on any atom is -0.391 e. The molecule has 2 aromatic carbocycles. The summed E-state index contributed by atoms with van der Waals surface area (Å²) >= 11 is 0. The fraction of sp³-hybridized carbons (Fsp3) is 0.188. The molecule has 2 rings (SSSR count). The highest BCUT2D eigenvalue weighted by Gasteiger charge is 2.13. The second-order valence-corrected chi connectivity index (χ2v) is 4.86. The number of nitrogens with zero attached hydrogens (tertiary/aromatic N) is 1. The zero-order chi connectivity index (χ0) is 15.9. The Labute approximate surface area is 127 Å². The van der Waals surface area contributed by atoms with Gasteiger partial charge in [-0.2, -0.15) is 0 Å². The standard InChI is InChI=1S/C16H16N2O4/c19-15(9-12-5-2-1-3-6-12)11-17-16(20)13-7-4-8-14(10-13)18(21)22/h1-8,10,15,19H,9,11H2,(H,17,20). The third-order valence-electron chi connectivity index (χ3n) is 3.13. The number of non-ortho nitro benzene ring substituents is 1. The van der Waals surface area contributed by atoms with Gasteiger partial charge in [-0.15, -0.1) is 0 Å². The summed E-state index contributed by atoms with van der Waals surface area (Å²) in [6.45, 7) is 0.0798. The summed E-state index contributed by atoms with van der Waals surface area (Å²) in [6.07, 6.45) is -0.291. The van der Waals surface area contributed by atoms with E-state index in [9.17, 15) is 20.0 Å². The van der Waals surface area contributed by atoms with E-state index in [-0.39, 0.29) is 17.8 Å². The van der Waals surface area contributed by atoms with Gasteiger partial charge in [0.1, 0.15) is 0 Å². The normalized spacial score (nSPS) is 11.7. The molecule has 1 amide bonds. The first kappa shape index (κ1) is 15.7. The van der Waals surface area contributed by atoms with Crippen molar-refractivity contribution in [2.24, 2.45) is 0 Å². The minimum absolute atomic E-state index is 0.0798. The molecule has 0 aliphatic heterocycles. The second kappa shape index (κ2) is 7.33. The van der Waals surface area contributed by atoms with Crippen molar-refractivity contribution >= 4 is 11.6 Å². The lowest BCUT2D eigenvalue weighted by Crippen LogP contribution is -2.33. The molecule has 0 radical (unpaired) electrons. The maximum absolute atomic E-state index is 11.9. The smallest absolute Gasteiger partial charge is 0.270 e. The van der Waals surface area contributed by atoms with Gasteiger partial charge in [0.15, 0.2) is 0 Å². The summed E-state index contributed by atoms with van der Waals surface area (Å²) in [4.78, 5) is 22.1. The zero-order valence-corrected chi connectivity index (χ0v) is 11.8. The highest BCUT2D eigenvalue weighted by atomic mass is 16.6. The fourth-order valence-electron chi connectivity index (χ4n) is 2.03. The van der Waals surface area contributed by atoms with Crippen LogP contribution in [0.2, 0.25) is 0 Å². The fourth-order valence-corrected chi connectivity index (χ4v) is 2.03. The number of rotatable bonds is 6. The molecule has 0 saturated carbocycles. The van der Waals surface area contributed by atoms with Gasteiger partial charge in [-0.25, -0.2) is 0 Å². The topological polar surface area (TPSA) is 92.5 Å². The number of amides is 1. The lowest BCUT2D eigenvalue weighted by atomic mass is 10.1. The molecule has 114 valence electrons. The molecule has 0 aliphatic carbocycles. The Balaban J connectivity index is 1.89. The monoisotopic (exact) mass is 300 g/mol. The van der Waals surface area contributed by atoms with Gasteiger partial charge >= 0.3 is 0 Å². The van der Waals surface area contributed by atoms with Crippen molar-refractivity contribution in [3.8, 4) is 0 Å². The minimum atomic E-state index is -0.718. The summed E-state index contributed by atoms with van der Waals surface area (Å²) in [5, 5.41) is 23.2. The van der Waals surface area contributed by atoms with E-state index in [0.717, 1.165) is 5.56 Å². The van der Waals surface area contributed by atoms with Crippen molar-refractivity contribution in [1.29, 1.82) is 0 Å². The average Bonchev–Trinajstić information content (AvgIpc) is 2.53. The highest BCUT2D eigenvalue weighted by Crippen LogP contribution is 2.13. The van der Waals surface area contributed by atoms with Crippen LogP contribution in [-0.4, -0.2) is 28.6 Å². The van der Waals surface area contributed by atoms with Crippen LogP contribution < -0.4 is 5.32 Å². The molecule has 0 aliphatic rings. The quantitative estimate of drug-likeness (QED) is 0.629. The van der Waals surface area contributed by atoms with Crippen LogP contribution in [0, 0.1) is 10.1 Å². The maximum atomic E-state index is 11.9. The van der Waals surface area contributed by atoms with Crippen LogP contribution in [0.1, 0.15) is 15.9 Å². The van der Waals surface area contributed by atoms with Crippen LogP contribution in [0.3, 0.4) is 0 Å². The van der Waals surface area contributed by atoms with Gasteiger partial charge in [0.2, 0.25) is 0 Å². The first-order valence-corrected chi connectivity index (χ1v) is 6.81. The summed E-state index contributed by atoms with van der Waals surface area (Å²) < 4.78 is 0. The van der Waals surface area contributed by atoms with Crippen LogP contribution in [-0.2, 0) is 6.42 Å². The van der Waals surface area contributed by atoms with E-state index in [0.29, 0.717) is 6.42 Å². The Morgan fingerprint density at radius 2 is 1.91 bits per heavy atom. The Morgan fingerprint density at radius 3 is 2.59 bits per heavy atom. The van der Waals surface area contributed by atoms with Crippen LogP contribution in [0.15, 0.2) is 54.6 Å². The zero-order valence-electron chi connectivity index (χ0n) is 11.8. The van der Waals surface area contributed by atoms with Crippen molar-refractivity contribution < 1.29 is 14.8 Å². The molecule has 6 heteroatoms. The molecule has 0 heterocycles. The molecule has 0 spiro atoms. The number of nitro benzene ring substituents is 1. The molecule has 1 unspecified atom stereocenters. The molecule has 1 atom stereocenters. The molecule has 0 bridgehead atoms. The van der Waals surface area contributed by atoms with Gasteiger partial charge in [0.25, 0.3) is 11.6 Å². The SMILES string of the molecule is O=C(NCC(O)Cc1ccccc1)c1cccc([N+](=O)[O-])c1. The number of benzene rings is 2. The van der Waals surface area contributed by atoms with Crippen molar-refractivity contribution in [3.05, 3.63) is 75.8 Å². The molecule has 6 nitrogen and oxygen atoms in total. The Morgan fingerprint density at radius 1 is 1.18 bits per heavy atom. The number of aliphatic hydroxyl groups excluding tert-OH is 1. The van der Waals surface area contributed by atoms with Gasteiger partial charge in [0.05, 0.1) is 11.0 Å². The van der Waals surface area contributed by atoms with Gasteiger partial charge in [0, 0.05) is 30.7 Å². The van der Waals surface area contributed by atoms with Crippen LogP contribution >= 0.6 is 0 Å². The van der Waals surface area contributed by atoms with E-state index < -0.39 is 16.9 Å². The van der Waals surface area contributed by atoms with Crippen molar-refractivity contribution in [2.45, 2.75) is 12.5 Å². The van der Waals surface area contributed by atoms with Crippen LogP contribution in [0.4, 0.5) is 5.69 Å². The summed E-state index contributed by atoms with van der Waals surface area (Å²) in [5.41, 5.74) is 1.03. The number of carbonyl (C=O) groups excluding carboxylic acids is 1. The summed E-state index contributed by atoms with van der Waals surface area (Å²) in [7, 11) is 0. The van der Waals surface area contributed by atoms with Gasteiger partial charge in [-0.1, -0.05) is 36.4 Å². The van der Waals surface area contributed by atoms with Crippen molar-refractivity contribution in [2.75, 3.05) is 6.54 Å². The second-order valence-electron chi connectivity index (χ2n) is 4.86. The first-order valence-electron chi connectivity index (χ1n) is 6.81. The molecule has 22 heavy (non-hydrogen) atoms. The van der Waals surface area contributed by atoms with E-state index in [2.05, 4.69) is 5.32 Å². The van der Waals surface area contributed by atoms with Crippen molar-refractivity contribution in [3.63, 3.8) is 0 Å². The highest BCUT2D eigenvalue weighted by molar-refractivity contribution is 5.94. The molecule has 2 aromatic rings. The third-order valence-corrected chi connectivity index (χ3v) is 3.13. The lowest BCUT2D eigenvalue weighted by molar-refractivity contribution is -0.384. The Hall–Kier alpha value is -2.73. The maximum Gasteiger partial charge on any atom is 0.270 e. The van der Waals surface area contributed by atoms with E-state index in [1.54, 1.807) is 0 Å². The first-order chi connectivity index (χ1) is 10.6. The van der Waals surface area contributed by atoms with E-state index in [1.807, 2.05) is 30.3 Å². The Bertz CT molecular complexity index is 658. The van der Waals surface area contributed by atoms with Gasteiger partial charge < -0.3 is 10.4 Å². The van der Waals surface area contributed by atoms with E-state index in [4.69, 9.17) is 0 Å². The number of nitro groups is 1. The third kappa shape index (κ3) is 4.39. The Kier molecular flexibility index (Phi) is 5.21. The largest absolute Gasteiger partial charge is 0.391 e. The van der Waals surface area contributed by atoms with E-state index >= 15 is 0 Å². The molecule has 0 saturated heterocycles. The number of nitrogens with one attached hydrogen (secondary N) is 1. The summed E-state index contributed by atoms with van der Waals surface area (Å²) in [6, 6.07) is 14.9. The van der Waals surface area contributed by atoms with Crippen LogP contribution in [0.25, 0.3) is 0 Å². The number of hydrogen-bond acceptors (Lipinski definition) is 4. The van der Waals surface area contributed by atoms with Crippen LogP contribution in [0.5, 0.6) is 0 Å². The molecule has 0 fully saturated rings. The lowest BCUT2D eigenvalue weighted by Gasteiger charge is -2.12. The molecular weight excluding hydrogens is 284 g/mol. The van der Waals surface area contributed by atoms with E-state index in [1.165, 1.54) is 24.3 Å². The van der Waals surface area contributed by atoms with Gasteiger partial charge in [-0.3, -0.25) is 14.9 Å². The predicted octanol–water partition coefficient (Wildman–Crippen LogP) is 1.93. The number of aliphatic hydroxyl groups is 1. The summed E-state index contributed by atoms with van der Waals surface area (Å²) in [5.74, 6) is -0.448. The van der Waals surface area contributed by atoms with Gasteiger partial charge in [-0.05, 0) is 11.6 Å². The number of hydrogen-bond donors (Lipinski definition) is 2. The average molecular weight is 300 g/mol. The molecule has 2 N–H and O–H groups in total.